The number of primary amides is 1. The first kappa shape index (κ1) is 22.2. The smallest absolute Gasteiger partial charge is 0.409 e. The van der Waals surface area contributed by atoms with Gasteiger partial charge in [0.2, 0.25) is 0 Å². The minimum Gasteiger partial charge on any atom is -0.491 e. The predicted octanol–water partition coefficient (Wildman–Crippen LogP) is 4.29. The van der Waals surface area contributed by atoms with Gasteiger partial charge in [-0.3, -0.25) is 0 Å². The molecule has 2 aromatic carbocycles. The Bertz CT molecular complexity index is 1100. The zero-order valence-electron chi connectivity index (χ0n) is 17.9. The molecule has 3 N–H and O–H groups in total. The lowest BCUT2D eigenvalue weighted by atomic mass is 9.86. The van der Waals surface area contributed by atoms with E-state index in [4.69, 9.17) is 19.9 Å². The topological polar surface area (TPSA) is 109 Å². The fourth-order valence-electron chi connectivity index (χ4n) is 3.07. The molecule has 0 bridgehead atoms. The summed E-state index contributed by atoms with van der Waals surface area (Å²) in [5, 5.41) is 3.36. The lowest BCUT2D eigenvalue weighted by Crippen LogP contribution is -2.20. The lowest BCUT2D eigenvalue weighted by Gasteiger charge is -2.23. The molecule has 8 nitrogen and oxygen atoms in total. The van der Waals surface area contributed by atoms with Crippen molar-refractivity contribution in [3.05, 3.63) is 48.0 Å². The summed E-state index contributed by atoms with van der Waals surface area (Å²) in [6.45, 7) is 6.62. The third-order valence-electron chi connectivity index (χ3n) is 4.48. The van der Waals surface area contributed by atoms with Crippen LogP contribution >= 0.6 is 0 Å². The van der Waals surface area contributed by atoms with Crippen molar-refractivity contribution in [1.29, 1.82) is 0 Å². The molecule has 0 unspecified atom stereocenters. The van der Waals surface area contributed by atoms with Crippen LogP contribution in [0.15, 0.2) is 36.7 Å². The normalized spacial score (nSPS) is 11.4. The summed E-state index contributed by atoms with van der Waals surface area (Å²) in [4.78, 5) is 19.6. The second kappa shape index (κ2) is 9.13. The molecule has 1 heterocycles. The monoisotopic (exact) mass is 428 g/mol. The standard InChI is InChI=1S/C22H25FN4O4/c1-22(2,3)15-9-13(5-6-18(15)31-21(24)28)27-20-19-16(23)10-14(30-8-7-29-4)11-17(19)25-12-26-20/h5-6,9-12H,7-8H2,1-4H3,(H2,24,28)(H,25,26,27). The Balaban J connectivity index is 1.97. The highest BCUT2D eigenvalue weighted by molar-refractivity contribution is 5.92. The SMILES string of the molecule is COCCOc1cc(F)c2c(Nc3ccc(OC(N)=O)c(C(C)(C)C)c3)ncnc2c1. The minimum absolute atomic E-state index is 0.233. The van der Waals surface area contributed by atoms with Crippen LogP contribution in [0.2, 0.25) is 0 Å². The number of hydrogen-bond acceptors (Lipinski definition) is 7. The average molecular weight is 428 g/mol. The van der Waals surface area contributed by atoms with Crippen molar-refractivity contribution in [2.45, 2.75) is 26.2 Å². The first-order valence-corrected chi connectivity index (χ1v) is 9.64. The summed E-state index contributed by atoms with van der Waals surface area (Å²) in [5.74, 6) is 0.504. The van der Waals surface area contributed by atoms with Crippen molar-refractivity contribution in [3.63, 3.8) is 0 Å². The van der Waals surface area contributed by atoms with Gasteiger partial charge in [0, 0.05) is 30.5 Å². The van der Waals surface area contributed by atoms with Gasteiger partial charge in [-0.2, -0.15) is 0 Å². The number of carbonyl (C=O) groups is 1. The van der Waals surface area contributed by atoms with Gasteiger partial charge in [-0.1, -0.05) is 20.8 Å². The number of methoxy groups -OCH3 is 1. The van der Waals surface area contributed by atoms with Gasteiger partial charge in [0.05, 0.1) is 17.5 Å². The first-order valence-electron chi connectivity index (χ1n) is 9.64. The van der Waals surface area contributed by atoms with Gasteiger partial charge in [0.25, 0.3) is 0 Å². The van der Waals surface area contributed by atoms with Crippen molar-refractivity contribution < 1.29 is 23.4 Å². The highest BCUT2D eigenvalue weighted by Crippen LogP contribution is 2.35. The largest absolute Gasteiger partial charge is 0.491 e. The van der Waals surface area contributed by atoms with Crippen LogP contribution in [0.3, 0.4) is 0 Å². The Labute approximate surface area is 179 Å². The number of carbonyl (C=O) groups excluding carboxylic acids is 1. The quantitative estimate of drug-likeness (QED) is 0.540. The number of fused-ring (bicyclic) bond motifs is 1. The van der Waals surface area contributed by atoms with Crippen LogP contribution in [0.1, 0.15) is 26.3 Å². The molecule has 0 aliphatic rings. The number of rotatable bonds is 7. The van der Waals surface area contributed by atoms with E-state index in [9.17, 15) is 9.18 Å². The number of benzene rings is 2. The molecule has 31 heavy (non-hydrogen) atoms. The van der Waals surface area contributed by atoms with Crippen molar-refractivity contribution in [3.8, 4) is 11.5 Å². The van der Waals surface area contributed by atoms with Gasteiger partial charge in [-0.25, -0.2) is 19.2 Å². The molecule has 1 aromatic heterocycles. The zero-order chi connectivity index (χ0) is 22.6. The summed E-state index contributed by atoms with van der Waals surface area (Å²) in [6, 6.07) is 8.07. The fraction of sp³-hybridized carbons (Fsp3) is 0.318. The molecule has 0 aliphatic carbocycles. The Morgan fingerprint density at radius 3 is 2.61 bits per heavy atom. The van der Waals surface area contributed by atoms with Crippen molar-refractivity contribution >= 4 is 28.5 Å². The summed E-state index contributed by atoms with van der Waals surface area (Å²) >= 11 is 0. The molecule has 1 amide bonds. The Morgan fingerprint density at radius 2 is 1.94 bits per heavy atom. The van der Waals surface area contributed by atoms with Crippen molar-refractivity contribution in [2.24, 2.45) is 5.73 Å². The maximum atomic E-state index is 14.9. The van der Waals surface area contributed by atoms with E-state index in [1.807, 2.05) is 26.8 Å². The highest BCUT2D eigenvalue weighted by atomic mass is 19.1. The number of halogens is 1. The summed E-state index contributed by atoms with van der Waals surface area (Å²) < 4.78 is 30.5. The molecule has 0 spiro atoms. The van der Waals surface area contributed by atoms with Crippen LogP contribution in [0, 0.1) is 5.82 Å². The van der Waals surface area contributed by atoms with Crippen molar-refractivity contribution in [2.75, 3.05) is 25.6 Å². The third kappa shape index (κ3) is 5.37. The van der Waals surface area contributed by atoms with Gasteiger partial charge < -0.3 is 25.3 Å². The van der Waals surface area contributed by atoms with Crippen LogP contribution in [-0.4, -0.2) is 36.4 Å². The number of anilines is 2. The summed E-state index contributed by atoms with van der Waals surface area (Å²) in [5.41, 5.74) is 6.63. The molecule has 0 saturated heterocycles. The van der Waals surface area contributed by atoms with E-state index in [1.54, 1.807) is 25.3 Å². The highest BCUT2D eigenvalue weighted by Gasteiger charge is 2.21. The molecule has 164 valence electrons. The Hall–Kier alpha value is -3.46. The molecule has 3 aromatic rings. The van der Waals surface area contributed by atoms with E-state index in [2.05, 4.69) is 15.3 Å². The summed E-state index contributed by atoms with van der Waals surface area (Å²) in [6.07, 6.45) is 0.455. The second-order valence-corrected chi connectivity index (χ2v) is 7.87. The van der Waals surface area contributed by atoms with Gasteiger partial charge in [-0.15, -0.1) is 0 Å². The summed E-state index contributed by atoms with van der Waals surface area (Å²) in [7, 11) is 1.56. The van der Waals surface area contributed by atoms with Crippen LogP contribution < -0.4 is 20.5 Å². The molecule has 0 fully saturated rings. The Kier molecular flexibility index (Phi) is 6.55. The van der Waals surface area contributed by atoms with Gasteiger partial charge in [-0.05, 0) is 23.6 Å². The van der Waals surface area contributed by atoms with Crippen LogP contribution in [0.25, 0.3) is 10.9 Å². The number of nitrogens with one attached hydrogen (secondary N) is 1. The average Bonchev–Trinajstić information content (AvgIpc) is 2.68. The number of nitrogens with two attached hydrogens (primary N) is 1. The number of amides is 1. The first-order chi connectivity index (χ1) is 14.7. The number of ether oxygens (including phenoxy) is 3. The van der Waals surface area contributed by atoms with E-state index in [0.717, 1.165) is 5.56 Å². The molecule has 0 saturated carbocycles. The zero-order valence-corrected chi connectivity index (χ0v) is 17.9. The fourth-order valence-corrected chi connectivity index (χ4v) is 3.07. The third-order valence-corrected chi connectivity index (χ3v) is 4.48. The molecule has 9 heteroatoms. The maximum absolute atomic E-state index is 14.9. The number of nitrogens with zero attached hydrogens (tertiary/aromatic N) is 2. The van der Waals surface area contributed by atoms with Crippen LogP contribution in [-0.2, 0) is 10.2 Å². The van der Waals surface area contributed by atoms with E-state index in [-0.39, 0.29) is 10.8 Å². The maximum Gasteiger partial charge on any atom is 0.409 e. The number of aromatic nitrogens is 2. The molecule has 0 atom stereocenters. The van der Waals surface area contributed by atoms with Crippen LogP contribution in [0.5, 0.6) is 11.5 Å². The molecule has 0 aliphatic heterocycles. The van der Waals surface area contributed by atoms with E-state index in [1.165, 1.54) is 12.4 Å². The predicted molar refractivity (Wildman–Crippen MR) is 116 cm³/mol. The van der Waals surface area contributed by atoms with E-state index in [0.29, 0.717) is 41.7 Å². The van der Waals surface area contributed by atoms with Gasteiger partial charge in [0.15, 0.2) is 0 Å². The van der Waals surface area contributed by atoms with E-state index >= 15 is 0 Å². The van der Waals surface area contributed by atoms with Crippen LogP contribution in [0.4, 0.5) is 20.7 Å². The molecular weight excluding hydrogens is 403 g/mol. The minimum atomic E-state index is -0.890. The van der Waals surface area contributed by atoms with Gasteiger partial charge >= 0.3 is 6.09 Å². The Morgan fingerprint density at radius 1 is 1.16 bits per heavy atom. The molecule has 0 radical (unpaired) electrons. The molecule has 3 rings (SSSR count). The second-order valence-electron chi connectivity index (χ2n) is 7.87. The van der Waals surface area contributed by atoms with Gasteiger partial charge in [0.1, 0.15) is 36.1 Å². The lowest BCUT2D eigenvalue weighted by molar-refractivity contribution is 0.146. The van der Waals surface area contributed by atoms with Crippen molar-refractivity contribution in [1.82, 2.24) is 9.97 Å². The van der Waals surface area contributed by atoms with E-state index < -0.39 is 11.9 Å². The molecular formula is C22H25FN4O4. The number of hydrogen-bond donors (Lipinski definition) is 2.